The molecule has 0 aliphatic heterocycles. The zero-order chi connectivity index (χ0) is 20.2. The van der Waals surface area contributed by atoms with Gasteiger partial charge in [0.25, 0.3) is 5.91 Å². The molecule has 1 aliphatic rings. The summed E-state index contributed by atoms with van der Waals surface area (Å²) in [6.07, 6.45) is 5.05. The van der Waals surface area contributed by atoms with Gasteiger partial charge in [0, 0.05) is 17.1 Å². The maximum absolute atomic E-state index is 12.4. The third-order valence-electron chi connectivity index (χ3n) is 5.68. The van der Waals surface area contributed by atoms with Gasteiger partial charge in [0.15, 0.2) is 5.76 Å². The predicted octanol–water partition coefficient (Wildman–Crippen LogP) is 4.92. The molecule has 1 saturated carbocycles. The van der Waals surface area contributed by atoms with E-state index in [0.717, 1.165) is 17.4 Å². The standard InChI is InChI=1S/C24H26N2O3/c1-16-6-2-4-8-20(16)26-23(27)14-17-10-12-19(13-11-17)25-24(28)22-15-18-7-3-5-9-21(18)29-22/h3,5,7,9-13,15-16,20H,2,4,6,8,14H2,1H3,(H,25,28)(H,26,27). The number of carbonyl (C=O) groups is 2. The maximum atomic E-state index is 12.4. The monoisotopic (exact) mass is 390 g/mol. The van der Waals surface area contributed by atoms with Gasteiger partial charge in [0.1, 0.15) is 5.58 Å². The van der Waals surface area contributed by atoms with Crippen LogP contribution in [0.25, 0.3) is 11.0 Å². The summed E-state index contributed by atoms with van der Waals surface area (Å²) in [6.45, 7) is 2.21. The van der Waals surface area contributed by atoms with Gasteiger partial charge in [-0.2, -0.15) is 0 Å². The Morgan fingerprint density at radius 1 is 1.03 bits per heavy atom. The molecule has 0 bridgehead atoms. The van der Waals surface area contributed by atoms with Crippen LogP contribution in [0.5, 0.6) is 0 Å². The Labute approximate surface area is 170 Å². The van der Waals surface area contributed by atoms with Gasteiger partial charge in [0.05, 0.1) is 6.42 Å². The number of para-hydroxylation sites is 1. The summed E-state index contributed by atoms with van der Waals surface area (Å²) in [4.78, 5) is 24.8. The van der Waals surface area contributed by atoms with E-state index < -0.39 is 0 Å². The minimum Gasteiger partial charge on any atom is -0.451 e. The number of rotatable bonds is 5. The summed E-state index contributed by atoms with van der Waals surface area (Å²) < 4.78 is 5.59. The highest BCUT2D eigenvalue weighted by atomic mass is 16.3. The van der Waals surface area contributed by atoms with E-state index in [1.54, 1.807) is 6.07 Å². The van der Waals surface area contributed by atoms with Gasteiger partial charge in [-0.15, -0.1) is 0 Å². The summed E-state index contributed by atoms with van der Waals surface area (Å²) in [5.74, 6) is 0.584. The summed E-state index contributed by atoms with van der Waals surface area (Å²) in [6, 6.07) is 16.9. The summed E-state index contributed by atoms with van der Waals surface area (Å²) in [5.41, 5.74) is 2.28. The van der Waals surface area contributed by atoms with Crippen molar-refractivity contribution in [2.24, 2.45) is 5.92 Å². The molecule has 0 saturated heterocycles. The van der Waals surface area contributed by atoms with Crippen LogP contribution in [0.1, 0.15) is 48.7 Å². The smallest absolute Gasteiger partial charge is 0.291 e. The molecule has 5 nitrogen and oxygen atoms in total. The summed E-state index contributed by atoms with van der Waals surface area (Å²) in [7, 11) is 0. The Bertz CT molecular complexity index is 973. The van der Waals surface area contributed by atoms with Crippen molar-refractivity contribution in [2.75, 3.05) is 5.32 Å². The van der Waals surface area contributed by atoms with Crippen LogP contribution in [-0.4, -0.2) is 17.9 Å². The number of nitrogens with one attached hydrogen (secondary N) is 2. The molecular weight excluding hydrogens is 364 g/mol. The van der Waals surface area contributed by atoms with Crippen LogP contribution in [0.2, 0.25) is 0 Å². The number of hydrogen-bond donors (Lipinski definition) is 2. The van der Waals surface area contributed by atoms with Crippen LogP contribution in [0, 0.1) is 5.92 Å². The highest BCUT2D eigenvalue weighted by Gasteiger charge is 2.22. The van der Waals surface area contributed by atoms with E-state index in [-0.39, 0.29) is 17.6 Å². The Morgan fingerprint density at radius 2 is 1.79 bits per heavy atom. The van der Waals surface area contributed by atoms with Crippen molar-refractivity contribution >= 4 is 28.5 Å². The van der Waals surface area contributed by atoms with Crippen LogP contribution >= 0.6 is 0 Å². The average Bonchev–Trinajstić information content (AvgIpc) is 3.16. The molecular formula is C24H26N2O3. The maximum Gasteiger partial charge on any atom is 0.291 e. The van der Waals surface area contributed by atoms with E-state index in [2.05, 4.69) is 17.6 Å². The van der Waals surface area contributed by atoms with E-state index in [0.29, 0.717) is 29.7 Å². The van der Waals surface area contributed by atoms with Crippen molar-refractivity contribution in [2.45, 2.75) is 45.1 Å². The Balaban J connectivity index is 1.33. The van der Waals surface area contributed by atoms with Crippen LogP contribution in [-0.2, 0) is 11.2 Å². The van der Waals surface area contributed by atoms with Gasteiger partial charge in [-0.05, 0) is 48.6 Å². The Kier molecular flexibility index (Phi) is 5.65. The average molecular weight is 390 g/mol. The fourth-order valence-electron chi connectivity index (χ4n) is 3.97. The third kappa shape index (κ3) is 4.67. The van der Waals surface area contributed by atoms with E-state index in [9.17, 15) is 9.59 Å². The molecule has 3 aromatic rings. The predicted molar refractivity (Wildman–Crippen MR) is 114 cm³/mol. The lowest BCUT2D eigenvalue weighted by atomic mass is 9.86. The third-order valence-corrected chi connectivity index (χ3v) is 5.68. The molecule has 1 aliphatic carbocycles. The van der Waals surface area contributed by atoms with E-state index in [1.165, 1.54) is 19.3 Å². The fraction of sp³-hybridized carbons (Fsp3) is 0.333. The molecule has 1 aromatic heterocycles. The molecule has 2 aromatic carbocycles. The molecule has 0 radical (unpaired) electrons. The lowest BCUT2D eigenvalue weighted by molar-refractivity contribution is -0.121. The molecule has 2 unspecified atom stereocenters. The van der Waals surface area contributed by atoms with E-state index >= 15 is 0 Å². The molecule has 0 spiro atoms. The number of benzene rings is 2. The van der Waals surface area contributed by atoms with Crippen molar-refractivity contribution in [1.82, 2.24) is 5.32 Å². The zero-order valence-electron chi connectivity index (χ0n) is 16.6. The minimum atomic E-state index is -0.294. The van der Waals surface area contributed by atoms with Crippen LogP contribution in [0.4, 0.5) is 5.69 Å². The van der Waals surface area contributed by atoms with Crippen molar-refractivity contribution in [3.63, 3.8) is 0 Å². The van der Waals surface area contributed by atoms with Crippen LogP contribution in [0.3, 0.4) is 0 Å². The first-order valence-corrected chi connectivity index (χ1v) is 10.3. The normalized spacial score (nSPS) is 19.1. The largest absolute Gasteiger partial charge is 0.451 e. The highest BCUT2D eigenvalue weighted by molar-refractivity contribution is 6.04. The number of furan rings is 1. The number of anilines is 1. The van der Waals surface area contributed by atoms with Gasteiger partial charge < -0.3 is 15.1 Å². The van der Waals surface area contributed by atoms with Crippen molar-refractivity contribution in [3.8, 4) is 0 Å². The number of carbonyl (C=O) groups excluding carboxylic acids is 2. The van der Waals surface area contributed by atoms with Gasteiger partial charge in [-0.25, -0.2) is 0 Å². The molecule has 1 heterocycles. The summed E-state index contributed by atoms with van der Waals surface area (Å²) >= 11 is 0. The molecule has 29 heavy (non-hydrogen) atoms. The molecule has 1 fully saturated rings. The van der Waals surface area contributed by atoms with Crippen LogP contribution in [0.15, 0.2) is 59.0 Å². The van der Waals surface area contributed by atoms with E-state index in [1.807, 2.05) is 48.5 Å². The zero-order valence-corrected chi connectivity index (χ0v) is 16.6. The Hall–Kier alpha value is -3.08. The van der Waals surface area contributed by atoms with Gasteiger partial charge in [-0.3, -0.25) is 9.59 Å². The van der Waals surface area contributed by atoms with Gasteiger partial charge in [-0.1, -0.05) is 50.1 Å². The van der Waals surface area contributed by atoms with Crippen molar-refractivity contribution in [3.05, 3.63) is 65.9 Å². The van der Waals surface area contributed by atoms with Gasteiger partial charge >= 0.3 is 0 Å². The quantitative estimate of drug-likeness (QED) is 0.649. The first-order chi connectivity index (χ1) is 14.1. The second-order valence-electron chi connectivity index (χ2n) is 7.91. The fourth-order valence-corrected chi connectivity index (χ4v) is 3.97. The molecule has 5 heteroatoms. The lowest BCUT2D eigenvalue weighted by Gasteiger charge is -2.29. The second kappa shape index (κ2) is 8.52. The first-order valence-electron chi connectivity index (χ1n) is 10.3. The number of fused-ring (bicyclic) bond motifs is 1. The van der Waals surface area contributed by atoms with Crippen molar-refractivity contribution in [1.29, 1.82) is 0 Å². The molecule has 2 amide bonds. The molecule has 2 atom stereocenters. The first kappa shape index (κ1) is 19.2. The Morgan fingerprint density at radius 3 is 2.55 bits per heavy atom. The lowest BCUT2D eigenvalue weighted by Crippen LogP contribution is -2.41. The minimum absolute atomic E-state index is 0.0582. The highest BCUT2D eigenvalue weighted by Crippen LogP contribution is 2.24. The molecule has 2 N–H and O–H groups in total. The second-order valence-corrected chi connectivity index (χ2v) is 7.91. The van der Waals surface area contributed by atoms with E-state index in [4.69, 9.17) is 4.42 Å². The number of amides is 2. The van der Waals surface area contributed by atoms with Crippen LogP contribution < -0.4 is 10.6 Å². The SMILES string of the molecule is CC1CCCCC1NC(=O)Cc1ccc(NC(=O)c2cc3ccccc3o2)cc1. The topological polar surface area (TPSA) is 71.3 Å². The molecule has 150 valence electrons. The summed E-state index contributed by atoms with van der Waals surface area (Å²) in [5, 5.41) is 6.91. The van der Waals surface area contributed by atoms with Gasteiger partial charge in [0.2, 0.25) is 5.91 Å². The molecule has 4 rings (SSSR count). The van der Waals surface area contributed by atoms with Crippen molar-refractivity contribution < 1.29 is 14.0 Å². The number of hydrogen-bond acceptors (Lipinski definition) is 3.